The van der Waals surface area contributed by atoms with Crippen LogP contribution in [0, 0.1) is 5.92 Å². The maximum absolute atomic E-state index is 12.1. The third-order valence-corrected chi connectivity index (χ3v) is 3.77. The standard InChI is InChI=1S/C16H31NO4/c1-5-21-15(18)16(4,17-13(2)3)8-11-20-12-14-6-9-19-10-7-14/h13-14,17H,5-12H2,1-4H3. The predicted octanol–water partition coefficient (Wildman–Crippen LogP) is 2.14. The molecule has 1 aliphatic heterocycles. The Labute approximate surface area is 128 Å². The summed E-state index contributed by atoms with van der Waals surface area (Å²) in [6, 6.07) is 0.217. The van der Waals surface area contributed by atoms with Crippen molar-refractivity contribution in [3.63, 3.8) is 0 Å². The van der Waals surface area contributed by atoms with Crippen LogP contribution in [-0.4, -0.2) is 50.6 Å². The Hall–Kier alpha value is -0.650. The summed E-state index contributed by atoms with van der Waals surface area (Å²) in [6.07, 6.45) is 2.76. The van der Waals surface area contributed by atoms with Gasteiger partial charge < -0.3 is 14.2 Å². The lowest BCUT2D eigenvalue weighted by molar-refractivity contribution is -0.151. The molecule has 1 heterocycles. The van der Waals surface area contributed by atoms with Crippen molar-refractivity contribution in [3.8, 4) is 0 Å². The van der Waals surface area contributed by atoms with Gasteiger partial charge in [-0.3, -0.25) is 10.1 Å². The van der Waals surface area contributed by atoms with Gasteiger partial charge in [0.1, 0.15) is 5.54 Å². The molecule has 1 fully saturated rings. The first-order valence-corrected chi connectivity index (χ1v) is 8.08. The van der Waals surface area contributed by atoms with Crippen molar-refractivity contribution in [1.29, 1.82) is 0 Å². The average molecular weight is 301 g/mol. The maximum atomic E-state index is 12.1. The van der Waals surface area contributed by atoms with Crippen molar-refractivity contribution in [2.45, 2.75) is 58.5 Å². The highest BCUT2D eigenvalue weighted by molar-refractivity contribution is 5.80. The van der Waals surface area contributed by atoms with E-state index in [-0.39, 0.29) is 12.0 Å². The van der Waals surface area contributed by atoms with E-state index in [2.05, 4.69) is 5.32 Å². The Morgan fingerprint density at radius 1 is 1.38 bits per heavy atom. The van der Waals surface area contributed by atoms with Gasteiger partial charge in [0.25, 0.3) is 0 Å². The molecule has 0 radical (unpaired) electrons. The van der Waals surface area contributed by atoms with Gasteiger partial charge in [0.15, 0.2) is 0 Å². The smallest absolute Gasteiger partial charge is 0.326 e. The number of rotatable bonds is 9. The van der Waals surface area contributed by atoms with Gasteiger partial charge >= 0.3 is 5.97 Å². The molecule has 1 saturated heterocycles. The van der Waals surface area contributed by atoms with Gasteiger partial charge in [0.2, 0.25) is 0 Å². The molecule has 1 atom stereocenters. The van der Waals surface area contributed by atoms with Gasteiger partial charge in [-0.2, -0.15) is 0 Å². The molecule has 0 saturated carbocycles. The lowest BCUT2D eigenvalue weighted by Gasteiger charge is -2.31. The second-order valence-electron chi connectivity index (χ2n) is 6.23. The minimum absolute atomic E-state index is 0.201. The molecule has 124 valence electrons. The summed E-state index contributed by atoms with van der Waals surface area (Å²) in [7, 11) is 0. The van der Waals surface area contributed by atoms with Crippen LogP contribution in [0.1, 0.15) is 47.0 Å². The van der Waals surface area contributed by atoms with E-state index in [0.717, 1.165) is 32.7 Å². The van der Waals surface area contributed by atoms with Crippen molar-refractivity contribution < 1.29 is 19.0 Å². The van der Waals surface area contributed by atoms with E-state index in [9.17, 15) is 4.79 Å². The topological polar surface area (TPSA) is 56.8 Å². The van der Waals surface area contributed by atoms with E-state index in [1.54, 1.807) is 0 Å². The lowest BCUT2D eigenvalue weighted by atomic mass is 9.97. The highest BCUT2D eigenvalue weighted by atomic mass is 16.5. The number of hydrogen-bond donors (Lipinski definition) is 1. The monoisotopic (exact) mass is 301 g/mol. The van der Waals surface area contributed by atoms with Crippen molar-refractivity contribution in [3.05, 3.63) is 0 Å². The summed E-state index contributed by atoms with van der Waals surface area (Å²) >= 11 is 0. The molecule has 0 bridgehead atoms. The molecule has 1 rings (SSSR count). The summed E-state index contributed by atoms with van der Waals surface area (Å²) in [4.78, 5) is 12.1. The van der Waals surface area contributed by atoms with Crippen LogP contribution in [-0.2, 0) is 19.0 Å². The molecule has 21 heavy (non-hydrogen) atoms. The first-order valence-electron chi connectivity index (χ1n) is 8.08. The van der Waals surface area contributed by atoms with Gasteiger partial charge in [-0.15, -0.1) is 0 Å². The molecule has 5 nitrogen and oxygen atoms in total. The van der Waals surface area contributed by atoms with Crippen molar-refractivity contribution >= 4 is 5.97 Å². The second kappa shape index (κ2) is 9.38. The zero-order valence-corrected chi connectivity index (χ0v) is 13.9. The molecular formula is C16H31NO4. The van der Waals surface area contributed by atoms with Crippen molar-refractivity contribution in [2.24, 2.45) is 5.92 Å². The van der Waals surface area contributed by atoms with Crippen LogP contribution >= 0.6 is 0 Å². The summed E-state index contributed by atoms with van der Waals surface area (Å²) in [6.45, 7) is 11.2. The van der Waals surface area contributed by atoms with Crippen LogP contribution in [0.3, 0.4) is 0 Å². The lowest BCUT2D eigenvalue weighted by Crippen LogP contribution is -2.53. The van der Waals surface area contributed by atoms with Crippen LogP contribution in [0.5, 0.6) is 0 Å². The third kappa shape index (κ3) is 6.76. The maximum Gasteiger partial charge on any atom is 0.326 e. The van der Waals surface area contributed by atoms with E-state index < -0.39 is 5.54 Å². The number of carbonyl (C=O) groups excluding carboxylic acids is 1. The molecular weight excluding hydrogens is 270 g/mol. The molecule has 0 aromatic rings. The van der Waals surface area contributed by atoms with Gasteiger partial charge in [-0.25, -0.2) is 0 Å². The fraction of sp³-hybridized carbons (Fsp3) is 0.938. The van der Waals surface area contributed by atoms with Gasteiger partial charge in [0.05, 0.1) is 6.61 Å². The Balaban J connectivity index is 2.36. The predicted molar refractivity (Wildman–Crippen MR) is 82.3 cm³/mol. The number of hydrogen-bond acceptors (Lipinski definition) is 5. The molecule has 5 heteroatoms. The number of carbonyl (C=O) groups is 1. The summed E-state index contributed by atoms with van der Waals surface area (Å²) in [5, 5.41) is 3.30. The van der Waals surface area contributed by atoms with E-state index in [1.165, 1.54) is 0 Å². The summed E-state index contributed by atoms with van der Waals surface area (Å²) in [5.41, 5.74) is -0.681. The number of ether oxygens (including phenoxy) is 3. The molecule has 1 aliphatic rings. The second-order valence-corrected chi connectivity index (χ2v) is 6.23. The van der Waals surface area contributed by atoms with Crippen molar-refractivity contribution in [2.75, 3.05) is 33.0 Å². The highest BCUT2D eigenvalue weighted by Crippen LogP contribution is 2.17. The normalized spacial score (nSPS) is 19.5. The zero-order valence-electron chi connectivity index (χ0n) is 13.9. The van der Waals surface area contributed by atoms with E-state index in [4.69, 9.17) is 14.2 Å². The average Bonchev–Trinajstić information content (AvgIpc) is 2.44. The SMILES string of the molecule is CCOC(=O)C(C)(CCOCC1CCOCC1)NC(C)C. The van der Waals surface area contributed by atoms with Crippen LogP contribution in [0.4, 0.5) is 0 Å². The highest BCUT2D eigenvalue weighted by Gasteiger charge is 2.34. The Kier molecular flexibility index (Phi) is 8.22. The molecule has 0 spiro atoms. The molecule has 0 aromatic carbocycles. The van der Waals surface area contributed by atoms with Gasteiger partial charge in [0, 0.05) is 32.5 Å². The minimum atomic E-state index is -0.681. The van der Waals surface area contributed by atoms with Crippen LogP contribution in [0.2, 0.25) is 0 Å². The summed E-state index contributed by atoms with van der Waals surface area (Å²) in [5.74, 6) is 0.388. The first-order chi connectivity index (χ1) is 9.98. The minimum Gasteiger partial charge on any atom is -0.465 e. The van der Waals surface area contributed by atoms with Crippen molar-refractivity contribution in [1.82, 2.24) is 5.32 Å². The summed E-state index contributed by atoms with van der Waals surface area (Å²) < 4.78 is 16.3. The fourth-order valence-electron chi connectivity index (χ4n) is 2.60. The van der Waals surface area contributed by atoms with E-state index >= 15 is 0 Å². The number of esters is 1. The Morgan fingerprint density at radius 2 is 2.05 bits per heavy atom. The molecule has 0 aromatic heterocycles. The zero-order chi connectivity index (χ0) is 15.7. The van der Waals surface area contributed by atoms with Gasteiger partial charge in [-0.05, 0) is 52.9 Å². The molecule has 1 unspecified atom stereocenters. The quantitative estimate of drug-likeness (QED) is 0.522. The Morgan fingerprint density at radius 3 is 2.62 bits per heavy atom. The van der Waals surface area contributed by atoms with Crippen LogP contribution < -0.4 is 5.32 Å². The van der Waals surface area contributed by atoms with Crippen LogP contribution in [0.25, 0.3) is 0 Å². The van der Waals surface area contributed by atoms with E-state index in [0.29, 0.717) is 25.6 Å². The largest absolute Gasteiger partial charge is 0.465 e. The Bertz CT molecular complexity index is 303. The van der Waals surface area contributed by atoms with Gasteiger partial charge in [-0.1, -0.05) is 0 Å². The third-order valence-electron chi connectivity index (χ3n) is 3.77. The molecule has 1 N–H and O–H groups in total. The molecule has 0 amide bonds. The molecule has 0 aliphatic carbocycles. The first kappa shape index (κ1) is 18.4. The van der Waals surface area contributed by atoms with Crippen LogP contribution in [0.15, 0.2) is 0 Å². The van der Waals surface area contributed by atoms with E-state index in [1.807, 2.05) is 27.7 Å². The number of nitrogens with one attached hydrogen (secondary N) is 1. The fourth-order valence-corrected chi connectivity index (χ4v) is 2.60.